The van der Waals surface area contributed by atoms with Gasteiger partial charge < -0.3 is 5.32 Å². The first-order chi connectivity index (χ1) is 11.3. The van der Waals surface area contributed by atoms with Crippen LogP contribution in [0.25, 0.3) is 0 Å². The van der Waals surface area contributed by atoms with Crippen molar-refractivity contribution in [3.63, 3.8) is 0 Å². The Bertz CT molecular complexity index is 698. The van der Waals surface area contributed by atoms with Gasteiger partial charge >= 0.3 is 6.18 Å². The first kappa shape index (κ1) is 18.4. The molecule has 2 aromatic rings. The van der Waals surface area contributed by atoms with E-state index >= 15 is 0 Å². The normalized spacial score (nSPS) is 12.7. The maximum absolute atomic E-state index is 12.5. The van der Waals surface area contributed by atoms with Gasteiger partial charge in [-0.3, -0.25) is 4.79 Å². The Kier molecular flexibility index (Phi) is 5.94. The predicted octanol–water partition coefficient (Wildman–Crippen LogP) is 5.27. The summed E-state index contributed by atoms with van der Waals surface area (Å²) in [5.74, 6) is 0.345. The van der Waals surface area contributed by atoms with Gasteiger partial charge in [0.2, 0.25) is 5.91 Å². The Labute approximate surface area is 143 Å². The lowest BCUT2D eigenvalue weighted by Crippen LogP contribution is -2.22. The zero-order valence-electron chi connectivity index (χ0n) is 13.4. The summed E-state index contributed by atoms with van der Waals surface area (Å²) in [6.45, 7) is 3.72. The van der Waals surface area contributed by atoms with Crippen molar-refractivity contribution < 1.29 is 18.0 Å². The van der Waals surface area contributed by atoms with Gasteiger partial charge in [0, 0.05) is 11.4 Å². The molecule has 2 aromatic carbocycles. The predicted molar refractivity (Wildman–Crippen MR) is 92.0 cm³/mol. The van der Waals surface area contributed by atoms with Crippen LogP contribution in [0.5, 0.6) is 0 Å². The molecule has 128 valence electrons. The molecule has 1 amide bonds. The third kappa shape index (κ3) is 5.30. The van der Waals surface area contributed by atoms with Crippen molar-refractivity contribution in [1.82, 2.24) is 0 Å². The molecule has 0 fully saturated rings. The summed E-state index contributed by atoms with van der Waals surface area (Å²) < 4.78 is 37.6. The van der Waals surface area contributed by atoms with Gasteiger partial charge in [-0.05, 0) is 49.2 Å². The van der Waals surface area contributed by atoms with Crippen LogP contribution >= 0.6 is 11.8 Å². The molecule has 0 aliphatic carbocycles. The fraction of sp³-hybridized carbons (Fsp3) is 0.278. The zero-order valence-corrected chi connectivity index (χ0v) is 14.2. The third-order valence-corrected chi connectivity index (χ3v) is 4.65. The molecule has 0 aliphatic heterocycles. The molecule has 1 unspecified atom stereocenters. The minimum atomic E-state index is -4.33. The lowest BCUT2D eigenvalue weighted by Gasteiger charge is -2.13. The average Bonchev–Trinajstić information content (AvgIpc) is 2.52. The Morgan fingerprint density at radius 2 is 1.83 bits per heavy atom. The lowest BCUT2D eigenvalue weighted by atomic mass is 10.1. The molecule has 0 bridgehead atoms. The van der Waals surface area contributed by atoms with Crippen LogP contribution < -0.4 is 5.32 Å². The molecular weight excluding hydrogens is 335 g/mol. The second-order valence-corrected chi connectivity index (χ2v) is 6.84. The number of carbonyl (C=O) groups excluding carboxylic acids is 1. The summed E-state index contributed by atoms with van der Waals surface area (Å²) in [6, 6.07) is 12.5. The van der Waals surface area contributed by atoms with Crippen LogP contribution in [-0.2, 0) is 16.7 Å². The van der Waals surface area contributed by atoms with Crippen LogP contribution in [0.2, 0.25) is 0 Å². The number of alkyl halides is 3. The van der Waals surface area contributed by atoms with E-state index in [2.05, 4.69) is 5.32 Å². The van der Waals surface area contributed by atoms with Gasteiger partial charge in [0.1, 0.15) is 0 Å². The van der Waals surface area contributed by atoms with E-state index in [0.717, 1.165) is 28.9 Å². The number of halogens is 3. The first-order valence-corrected chi connectivity index (χ1v) is 8.46. The van der Waals surface area contributed by atoms with Gasteiger partial charge in [0.05, 0.1) is 10.8 Å². The number of aryl methyl sites for hydroxylation is 1. The van der Waals surface area contributed by atoms with Crippen LogP contribution in [-0.4, -0.2) is 11.2 Å². The molecule has 0 aromatic heterocycles. The van der Waals surface area contributed by atoms with Crippen molar-refractivity contribution in [3.05, 3.63) is 65.2 Å². The van der Waals surface area contributed by atoms with Crippen molar-refractivity contribution in [1.29, 1.82) is 0 Å². The molecule has 0 spiro atoms. The van der Waals surface area contributed by atoms with Crippen LogP contribution in [0.1, 0.15) is 23.6 Å². The minimum Gasteiger partial charge on any atom is -0.325 e. The van der Waals surface area contributed by atoms with E-state index in [1.54, 1.807) is 6.92 Å². The molecule has 0 saturated heterocycles. The van der Waals surface area contributed by atoms with E-state index in [1.165, 1.54) is 23.9 Å². The Hall–Kier alpha value is -1.95. The Morgan fingerprint density at radius 3 is 2.42 bits per heavy atom. The molecule has 0 saturated carbocycles. The molecule has 2 rings (SSSR count). The van der Waals surface area contributed by atoms with E-state index in [4.69, 9.17) is 0 Å². The maximum Gasteiger partial charge on any atom is 0.416 e. The number of carbonyl (C=O) groups is 1. The van der Waals surface area contributed by atoms with Gasteiger partial charge in [-0.1, -0.05) is 24.3 Å². The quantitative estimate of drug-likeness (QED) is 0.793. The van der Waals surface area contributed by atoms with Crippen LogP contribution in [0, 0.1) is 6.92 Å². The van der Waals surface area contributed by atoms with Crippen molar-refractivity contribution in [2.24, 2.45) is 0 Å². The Morgan fingerprint density at radius 1 is 1.17 bits per heavy atom. The second kappa shape index (κ2) is 7.75. The Balaban J connectivity index is 1.88. The molecule has 24 heavy (non-hydrogen) atoms. The van der Waals surface area contributed by atoms with Crippen molar-refractivity contribution in [3.8, 4) is 0 Å². The van der Waals surface area contributed by atoms with Crippen molar-refractivity contribution in [2.75, 3.05) is 5.32 Å². The number of hydrogen-bond donors (Lipinski definition) is 1. The largest absolute Gasteiger partial charge is 0.416 e. The molecular formula is C18H18F3NOS. The second-order valence-electron chi connectivity index (χ2n) is 5.51. The molecule has 1 atom stereocenters. The number of nitrogens with one attached hydrogen (secondary N) is 1. The number of thioether (sulfide) groups is 1. The number of amides is 1. The molecule has 0 aliphatic rings. The fourth-order valence-electron chi connectivity index (χ4n) is 2.05. The smallest absolute Gasteiger partial charge is 0.325 e. The molecule has 0 radical (unpaired) electrons. The van der Waals surface area contributed by atoms with Gasteiger partial charge in [-0.25, -0.2) is 0 Å². The number of rotatable bonds is 5. The third-order valence-electron chi connectivity index (χ3n) is 3.44. The highest BCUT2D eigenvalue weighted by atomic mass is 32.2. The molecule has 6 heteroatoms. The van der Waals surface area contributed by atoms with Gasteiger partial charge in [-0.15, -0.1) is 11.8 Å². The summed E-state index contributed by atoms with van der Waals surface area (Å²) in [6.07, 6.45) is -4.33. The topological polar surface area (TPSA) is 29.1 Å². The van der Waals surface area contributed by atoms with Gasteiger partial charge in [0.15, 0.2) is 0 Å². The lowest BCUT2D eigenvalue weighted by molar-refractivity contribution is -0.137. The van der Waals surface area contributed by atoms with Gasteiger partial charge in [-0.2, -0.15) is 13.2 Å². The highest BCUT2D eigenvalue weighted by molar-refractivity contribution is 7.99. The first-order valence-electron chi connectivity index (χ1n) is 7.41. The number of anilines is 1. The highest BCUT2D eigenvalue weighted by Crippen LogP contribution is 2.30. The summed E-state index contributed by atoms with van der Waals surface area (Å²) in [5, 5.41) is 2.53. The minimum absolute atomic E-state index is 0.127. The van der Waals surface area contributed by atoms with Gasteiger partial charge in [0.25, 0.3) is 0 Å². The monoisotopic (exact) mass is 353 g/mol. The van der Waals surface area contributed by atoms with Crippen molar-refractivity contribution in [2.45, 2.75) is 31.0 Å². The summed E-state index contributed by atoms with van der Waals surface area (Å²) in [5.41, 5.74) is 1.88. The van der Waals surface area contributed by atoms with E-state index in [9.17, 15) is 18.0 Å². The summed E-state index contributed by atoms with van der Waals surface area (Å²) in [4.78, 5) is 12.1. The molecule has 0 heterocycles. The molecule has 1 N–H and O–H groups in total. The maximum atomic E-state index is 12.5. The van der Waals surface area contributed by atoms with E-state index < -0.39 is 11.7 Å². The summed E-state index contributed by atoms with van der Waals surface area (Å²) in [7, 11) is 0. The number of hydrogen-bond acceptors (Lipinski definition) is 2. The standard InChI is InChI=1S/C18H18F3NOS/c1-12-4-3-5-16(10-12)22-17(23)13(2)24-11-14-6-8-15(9-7-14)18(19,20)21/h3-10,13H,11H2,1-2H3,(H,22,23). The highest BCUT2D eigenvalue weighted by Gasteiger charge is 2.29. The van der Waals surface area contributed by atoms with Crippen LogP contribution in [0.15, 0.2) is 48.5 Å². The van der Waals surface area contributed by atoms with Crippen LogP contribution in [0.3, 0.4) is 0 Å². The summed E-state index contributed by atoms with van der Waals surface area (Å²) >= 11 is 1.38. The zero-order chi connectivity index (χ0) is 17.7. The SMILES string of the molecule is Cc1cccc(NC(=O)C(C)SCc2ccc(C(F)(F)F)cc2)c1. The van der Waals surface area contributed by atoms with E-state index in [-0.39, 0.29) is 11.2 Å². The van der Waals surface area contributed by atoms with E-state index in [0.29, 0.717) is 5.75 Å². The number of benzene rings is 2. The van der Waals surface area contributed by atoms with Crippen molar-refractivity contribution >= 4 is 23.4 Å². The molecule has 2 nitrogen and oxygen atoms in total. The average molecular weight is 353 g/mol. The van der Waals surface area contributed by atoms with Crippen LogP contribution in [0.4, 0.5) is 18.9 Å². The van der Waals surface area contributed by atoms with E-state index in [1.807, 2.05) is 31.2 Å². The fourth-order valence-corrected chi connectivity index (χ4v) is 2.90.